The molecule has 3 N–H and O–H groups in total. The number of carbonyl (C=O) groups excluding carboxylic acids is 1. The van der Waals surface area contributed by atoms with Gasteiger partial charge in [-0.05, 0) is 48.9 Å². The summed E-state index contributed by atoms with van der Waals surface area (Å²) in [5.41, 5.74) is 6.45. The van der Waals surface area contributed by atoms with Crippen molar-refractivity contribution in [1.29, 1.82) is 0 Å². The Morgan fingerprint density at radius 2 is 2.17 bits per heavy atom. The monoisotopic (exact) mass is 328 g/mol. The number of benzene rings is 2. The van der Waals surface area contributed by atoms with Gasteiger partial charge in [0.2, 0.25) is 0 Å². The van der Waals surface area contributed by atoms with Crippen LogP contribution in [0.15, 0.2) is 48.7 Å². The minimum absolute atomic E-state index is 0.103. The summed E-state index contributed by atoms with van der Waals surface area (Å²) in [4.78, 5) is 11.6. The number of rotatable bonds is 3. The second-order valence-electron chi connectivity index (χ2n) is 5.29. The SMILES string of the molecule is [2H]C1NC([2H])([2H])[C@]([2H])(c2ccc(-n3cc4cccc(C(N)=O)c4n3)cc2)C([2H])([2H])C1([2H])[2H]. The molecule has 1 aliphatic rings. The van der Waals surface area contributed by atoms with Crippen LogP contribution < -0.4 is 11.1 Å². The molecule has 0 bridgehead atoms. The van der Waals surface area contributed by atoms with E-state index in [0.717, 1.165) is 0 Å². The molecule has 1 unspecified atom stereocenters. The number of fused-ring (bicyclic) bond motifs is 1. The molecule has 1 saturated heterocycles. The summed E-state index contributed by atoms with van der Waals surface area (Å²) in [6.07, 6.45) is -4.19. The zero-order valence-electron chi connectivity index (χ0n) is 20.6. The largest absolute Gasteiger partial charge is 0.366 e. The summed E-state index contributed by atoms with van der Waals surface area (Å²) < 4.78 is 67.1. The van der Waals surface area contributed by atoms with Crippen molar-refractivity contribution in [3.8, 4) is 5.69 Å². The quantitative estimate of drug-likeness (QED) is 0.776. The third-order valence-corrected chi connectivity index (χ3v) is 3.76. The Kier molecular flexibility index (Phi) is 2.14. The van der Waals surface area contributed by atoms with Gasteiger partial charge in [-0.15, -0.1) is 0 Å². The maximum atomic E-state index is 11.6. The van der Waals surface area contributed by atoms with Crippen molar-refractivity contribution in [2.75, 3.05) is 13.0 Å². The van der Waals surface area contributed by atoms with E-state index in [9.17, 15) is 4.79 Å². The van der Waals surface area contributed by atoms with E-state index >= 15 is 0 Å². The number of aromatic nitrogens is 2. The van der Waals surface area contributed by atoms with Crippen molar-refractivity contribution >= 4 is 16.8 Å². The number of carbonyl (C=O) groups is 1. The lowest BCUT2D eigenvalue weighted by molar-refractivity contribution is 0.100. The molecule has 0 radical (unpaired) electrons. The molecule has 2 heterocycles. The molecule has 5 nitrogen and oxygen atoms in total. The Balaban J connectivity index is 1.79. The zero-order chi connectivity index (χ0) is 23.7. The number of piperidine rings is 1. The van der Waals surface area contributed by atoms with Gasteiger partial charge < -0.3 is 11.1 Å². The van der Waals surface area contributed by atoms with E-state index in [-0.39, 0.29) is 11.1 Å². The van der Waals surface area contributed by atoms with Gasteiger partial charge in [0, 0.05) is 29.0 Å². The Morgan fingerprint density at radius 1 is 1.33 bits per heavy atom. The molecule has 3 aromatic rings. The van der Waals surface area contributed by atoms with Gasteiger partial charge in [-0.1, -0.05) is 24.3 Å². The van der Waals surface area contributed by atoms with Crippen LogP contribution in [-0.4, -0.2) is 28.7 Å². The lowest BCUT2D eigenvalue weighted by Gasteiger charge is -2.23. The van der Waals surface area contributed by atoms with Crippen LogP contribution in [0.4, 0.5) is 0 Å². The van der Waals surface area contributed by atoms with E-state index in [4.69, 9.17) is 16.7 Å². The summed E-state index contributed by atoms with van der Waals surface area (Å²) in [6, 6.07) is 10.7. The highest BCUT2D eigenvalue weighted by Gasteiger charge is 2.15. The summed E-state index contributed by atoms with van der Waals surface area (Å²) in [5.74, 6) is -3.31. The van der Waals surface area contributed by atoms with E-state index in [0.29, 0.717) is 16.6 Å². The van der Waals surface area contributed by atoms with Crippen molar-refractivity contribution in [1.82, 2.24) is 15.1 Å². The summed E-state index contributed by atoms with van der Waals surface area (Å²) in [7, 11) is 0. The van der Waals surface area contributed by atoms with Gasteiger partial charge in [0.15, 0.2) is 0 Å². The molecule has 1 fully saturated rings. The fourth-order valence-electron chi connectivity index (χ4n) is 2.59. The van der Waals surface area contributed by atoms with E-state index in [2.05, 4.69) is 10.4 Å². The predicted molar refractivity (Wildman–Crippen MR) is 94.4 cm³/mol. The van der Waals surface area contributed by atoms with Crippen LogP contribution in [0.2, 0.25) is 0 Å². The standard InChI is InChI=1S/C19H20N4O/c20-19(24)17-5-1-3-15-12-23(22-18(15)17)16-8-6-13(7-9-16)14-4-2-10-21-11-14/h1,3,5-9,12,14,21H,2,4,10-11H2,(H2,20,24)/t14-/m1/s1/i2D2,4D2,10D,11D2,14D/t10?,14-. The molecule has 2 aromatic carbocycles. The molecular formula is C19H20N4O. The first-order valence-corrected chi connectivity index (χ1v) is 7.33. The number of nitrogens with one attached hydrogen (secondary N) is 1. The van der Waals surface area contributed by atoms with Crippen molar-refractivity contribution in [2.45, 2.75) is 18.6 Å². The van der Waals surface area contributed by atoms with Crippen molar-refractivity contribution in [3.05, 3.63) is 59.8 Å². The maximum absolute atomic E-state index is 11.6. The van der Waals surface area contributed by atoms with Crippen LogP contribution in [0.25, 0.3) is 16.6 Å². The van der Waals surface area contributed by atoms with Gasteiger partial charge in [-0.25, -0.2) is 4.68 Å². The van der Waals surface area contributed by atoms with Crippen molar-refractivity contribution in [2.24, 2.45) is 5.73 Å². The van der Waals surface area contributed by atoms with Crippen LogP contribution in [-0.2, 0) is 0 Å². The van der Waals surface area contributed by atoms with Crippen molar-refractivity contribution in [3.63, 3.8) is 0 Å². The number of nitrogens with two attached hydrogens (primary N) is 1. The predicted octanol–water partition coefficient (Wildman–Crippen LogP) is 2.59. The van der Waals surface area contributed by atoms with Crippen LogP contribution in [0.1, 0.15) is 45.5 Å². The number of hydrogen-bond donors (Lipinski definition) is 2. The zero-order valence-corrected chi connectivity index (χ0v) is 12.6. The maximum Gasteiger partial charge on any atom is 0.250 e. The Hall–Kier alpha value is -2.66. The van der Waals surface area contributed by atoms with Crippen LogP contribution in [0, 0.1) is 0 Å². The van der Waals surface area contributed by atoms with Crippen LogP contribution >= 0.6 is 0 Å². The third kappa shape index (κ3) is 2.67. The highest BCUT2D eigenvalue weighted by molar-refractivity contribution is 6.04. The smallest absolute Gasteiger partial charge is 0.250 e. The first-order valence-electron chi connectivity index (χ1n) is 11.4. The fourth-order valence-corrected chi connectivity index (χ4v) is 2.59. The first-order chi connectivity index (χ1) is 14.7. The van der Waals surface area contributed by atoms with Gasteiger partial charge in [0.1, 0.15) is 5.52 Å². The second-order valence-corrected chi connectivity index (χ2v) is 5.29. The fraction of sp³-hybridized carbons (Fsp3) is 0.263. The summed E-state index contributed by atoms with van der Waals surface area (Å²) >= 11 is 0. The molecule has 1 amide bonds. The normalized spacial score (nSPS) is 35.2. The van der Waals surface area contributed by atoms with Gasteiger partial charge >= 0.3 is 0 Å². The average molecular weight is 328 g/mol. The van der Waals surface area contributed by atoms with Gasteiger partial charge in [-0.3, -0.25) is 4.79 Å². The lowest BCUT2D eigenvalue weighted by atomic mass is 9.92. The van der Waals surface area contributed by atoms with E-state index in [1.54, 1.807) is 24.4 Å². The second kappa shape index (κ2) is 6.09. The number of nitrogens with zero attached hydrogens (tertiary/aromatic N) is 2. The molecule has 1 aromatic heterocycles. The highest BCUT2D eigenvalue weighted by Crippen LogP contribution is 2.25. The molecular weight excluding hydrogens is 300 g/mol. The van der Waals surface area contributed by atoms with E-state index < -0.39 is 37.6 Å². The third-order valence-electron chi connectivity index (χ3n) is 3.76. The average Bonchev–Trinajstić information content (AvgIpc) is 3.15. The Labute approximate surface area is 151 Å². The molecule has 0 spiro atoms. The molecule has 1 aliphatic heterocycles. The van der Waals surface area contributed by atoms with Crippen LogP contribution in [0.5, 0.6) is 0 Å². The van der Waals surface area contributed by atoms with Gasteiger partial charge in [0.05, 0.1) is 11.3 Å². The first kappa shape index (κ1) is 8.44. The highest BCUT2D eigenvalue weighted by atomic mass is 16.1. The minimum atomic E-state index is -3.03. The molecule has 24 heavy (non-hydrogen) atoms. The molecule has 0 aliphatic carbocycles. The topological polar surface area (TPSA) is 72.9 Å². The van der Waals surface area contributed by atoms with E-state index in [1.165, 1.54) is 28.9 Å². The molecule has 5 heteroatoms. The van der Waals surface area contributed by atoms with Gasteiger partial charge in [0.25, 0.3) is 5.91 Å². The number of hydrogen-bond acceptors (Lipinski definition) is 3. The summed E-state index contributed by atoms with van der Waals surface area (Å²) in [6.45, 7) is -4.62. The van der Waals surface area contributed by atoms with Crippen molar-refractivity contribution < 1.29 is 15.8 Å². The summed E-state index contributed by atoms with van der Waals surface area (Å²) in [5, 5.41) is 7.15. The molecule has 122 valence electrons. The molecule has 2 atom stereocenters. The van der Waals surface area contributed by atoms with E-state index in [1.807, 2.05) is 0 Å². The van der Waals surface area contributed by atoms with Crippen LogP contribution in [0.3, 0.4) is 0 Å². The Morgan fingerprint density at radius 3 is 2.96 bits per heavy atom. The number of primary amides is 1. The lowest BCUT2D eigenvalue weighted by Crippen LogP contribution is -2.28. The number of amides is 1. The minimum Gasteiger partial charge on any atom is -0.366 e. The molecule has 4 rings (SSSR count). The molecule has 0 saturated carbocycles. The van der Waals surface area contributed by atoms with Gasteiger partial charge in [-0.2, -0.15) is 5.10 Å². The Bertz CT molecular complexity index is 1210.